The van der Waals surface area contributed by atoms with Gasteiger partial charge in [-0.3, -0.25) is 0 Å². The van der Waals surface area contributed by atoms with Gasteiger partial charge in [0, 0.05) is 5.92 Å². The SMILES string of the molecule is N#CC12CC(c3ccccc31)c1ccccc12. The lowest BCUT2D eigenvalue weighted by molar-refractivity contribution is 0.672. The second-order valence-electron chi connectivity index (χ2n) is 4.95. The van der Waals surface area contributed by atoms with Crippen LogP contribution in [0.4, 0.5) is 0 Å². The first-order chi connectivity index (χ1) is 8.37. The van der Waals surface area contributed by atoms with Crippen LogP contribution in [0.5, 0.6) is 0 Å². The van der Waals surface area contributed by atoms with Gasteiger partial charge in [-0.1, -0.05) is 48.5 Å². The van der Waals surface area contributed by atoms with E-state index in [1.807, 2.05) is 12.1 Å². The molecule has 2 bridgehead atoms. The Morgan fingerprint density at radius 2 is 1.47 bits per heavy atom. The number of hydrogen-bond donors (Lipinski definition) is 0. The van der Waals surface area contributed by atoms with Crippen LogP contribution in [0, 0.1) is 11.3 Å². The summed E-state index contributed by atoms with van der Waals surface area (Å²) < 4.78 is 0. The third-order valence-corrected chi connectivity index (χ3v) is 4.29. The predicted octanol–water partition coefficient (Wildman–Crippen LogP) is 3.35. The van der Waals surface area contributed by atoms with E-state index >= 15 is 0 Å². The highest BCUT2D eigenvalue weighted by atomic mass is 14.5. The van der Waals surface area contributed by atoms with Crippen molar-refractivity contribution in [2.24, 2.45) is 0 Å². The van der Waals surface area contributed by atoms with Crippen molar-refractivity contribution >= 4 is 0 Å². The van der Waals surface area contributed by atoms with E-state index in [2.05, 4.69) is 42.5 Å². The van der Waals surface area contributed by atoms with E-state index in [-0.39, 0.29) is 5.41 Å². The van der Waals surface area contributed by atoms with Crippen molar-refractivity contribution in [1.82, 2.24) is 0 Å². The minimum atomic E-state index is -0.377. The molecule has 80 valence electrons. The molecule has 0 amide bonds. The minimum Gasteiger partial charge on any atom is -0.197 e. The summed E-state index contributed by atoms with van der Waals surface area (Å²) in [5, 5.41) is 9.69. The van der Waals surface area contributed by atoms with Crippen LogP contribution >= 0.6 is 0 Å². The topological polar surface area (TPSA) is 23.8 Å². The molecule has 0 saturated carbocycles. The maximum absolute atomic E-state index is 9.69. The largest absolute Gasteiger partial charge is 0.197 e. The highest BCUT2D eigenvalue weighted by Crippen LogP contribution is 2.59. The van der Waals surface area contributed by atoms with E-state index in [0.29, 0.717) is 5.92 Å². The fraction of sp³-hybridized carbons (Fsp3) is 0.188. The van der Waals surface area contributed by atoms with Gasteiger partial charge in [-0.05, 0) is 28.7 Å². The predicted molar refractivity (Wildman–Crippen MR) is 65.7 cm³/mol. The summed E-state index contributed by atoms with van der Waals surface area (Å²) in [7, 11) is 0. The first-order valence-corrected chi connectivity index (χ1v) is 5.97. The molecule has 17 heavy (non-hydrogen) atoms. The Bertz CT molecular complexity index is 616. The van der Waals surface area contributed by atoms with Gasteiger partial charge in [0.1, 0.15) is 5.41 Å². The molecule has 0 aliphatic heterocycles. The second-order valence-corrected chi connectivity index (χ2v) is 4.95. The Labute approximate surface area is 100 Å². The lowest BCUT2D eigenvalue weighted by Crippen LogP contribution is -2.21. The quantitative estimate of drug-likeness (QED) is 0.664. The average molecular weight is 217 g/mol. The van der Waals surface area contributed by atoms with Crippen molar-refractivity contribution in [3.63, 3.8) is 0 Å². The lowest BCUT2D eigenvalue weighted by Gasteiger charge is -2.24. The molecular weight excluding hydrogens is 206 g/mol. The highest BCUT2D eigenvalue weighted by molar-refractivity contribution is 5.65. The van der Waals surface area contributed by atoms with Crippen LogP contribution in [-0.4, -0.2) is 0 Å². The summed E-state index contributed by atoms with van der Waals surface area (Å²) in [5.41, 5.74) is 4.79. The lowest BCUT2D eigenvalue weighted by atomic mass is 9.76. The Morgan fingerprint density at radius 3 is 2.00 bits per heavy atom. The molecule has 2 aliphatic rings. The van der Waals surface area contributed by atoms with Gasteiger partial charge in [0.05, 0.1) is 6.07 Å². The van der Waals surface area contributed by atoms with Crippen LogP contribution in [0.15, 0.2) is 48.5 Å². The molecular formula is C16H11N. The maximum atomic E-state index is 9.69. The number of rotatable bonds is 0. The smallest absolute Gasteiger partial charge is 0.109 e. The normalized spacial score (nSPS) is 27.4. The number of hydrogen-bond acceptors (Lipinski definition) is 1. The summed E-state index contributed by atoms with van der Waals surface area (Å²) in [4.78, 5) is 0. The molecule has 0 spiro atoms. The summed E-state index contributed by atoms with van der Waals surface area (Å²) in [6.45, 7) is 0. The van der Waals surface area contributed by atoms with Gasteiger partial charge >= 0.3 is 0 Å². The molecule has 0 unspecified atom stereocenters. The third-order valence-electron chi connectivity index (χ3n) is 4.29. The van der Waals surface area contributed by atoms with Crippen LogP contribution < -0.4 is 0 Å². The molecule has 0 N–H and O–H groups in total. The van der Waals surface area contributed by atoms with Gasteiger partial charge < -0.3 is 0 Å². The molecule has 0 heterocycles. The fourth-order valence-electron chi connectivity index (χ4n) is 3.60. The van der Waals surface area contributed by atoms with Crippen LogP contribution in [0.2, 0.25) is 0 Å². The summed E-state index contributed by atoms with van der Waals surface area (Å²) >= 11 is 0. The number of benzene rings is 2. The fourth-order valence-corrected chi connectivity index (χ4v) is 3.60. The van der Waals surface area contributed by atoms with Crippen LogP contribution in [-0.2, 0) is 5.41 Å². The minimum absolute atomic E-state index is 0.377. The van der Waals surface area contributed by atoms with Gasteiger partial charge in [-0.15, -0.1) is 0 Å². The molecule has 2 aromatic rings. The van der Waals surface area contributed by atoms with E-state index < -0.39 is 0 Å². The Balaban J connectivity index is 2.12. The molecule has 0 atom stereocenters. The van der Waals surface area contributed by atoms with Crippen molar-refractivity contribution in [2.75, 3.05) is 0 Å². The van der Waals surface area contributed by atoms with E-state index in [0.717, 1.165) is 6.42 Å². The summed E-state index contributed by atoms with van der Waals surface area (Å²) in [6, 6.07) is 19.4. The van der Waals surface area contributed by atoms with E-state index in [4.69, 9.17) is 0 Å². The van der Waals surface area contributed by atoms with Crippen molar-refractivity contribution in [3.05, 3.63) is 70.8 Å². The van der Waals surface area contributed by atoms with Gasteiger partial charge in [0.2, 0.25) is 0 Å². The zero-order valence-electron chi connectivity index (χ0n) is 9.35. The van der Waals surface area contributed by atoms with Crippen molar-refractivity contribution in [2.45, 2.75) is 17.8 Å². The molecule has 1 nitrogen and oxygen atoms in total. The van der Waals surface area contributed by atoms with Crippen molar-refractivity contribution in [3.8, 4) is 6.07 Å². The Hall–Kier alpha value is -2.07. The highest BCUT2D eigenvalue weighted by Gasteiger charge is 2.52. The van der Waals surface area contributed by atoms with E-state index in [9.17, 15) is 5.26 Å². The number of nitriles is 1. The van der Waals surface area contributed by atoms with Crippen molar-refractivity contribution in [1.29, 1.82) is 5.26 Å². The first kappa shape index (κ1) is 9.01. The van der Waals surface area contributed by atoms with Gasteiger partial charge in [-0.25, -0.2) is 0 Å². The van der Waals surface area contributed by atoms with Crippen molar-refractivity contribution < 1.29 is 0 Å². The van der Waals surface area contributed by atoms with Gasteiger partial charge in [0.15, 0.2) is 0 Å². The monoisotopic (exact) mass is 217 g/mol. The van der Waals surface area contributed by atoms with Gasteiger partial charge in [0.25, 0.3) is 0 Å². The molecule has 0 saturated heterocycles. The van der Waals surface area contributed by atoms with Crippen LogP contribution in [0.1, 0.15) is 34.6 Å². The molecule has 0 radical (unpaired) electrons. The molecule has 2 aliphatic carbocycles. The molecule has 0 fully saturated rings. The van der Waals surface area contributed by atoms with Gasteiger partial charge in [-0.2, -0.15) is 5.26 Å². The molecule has 0 aromatic heterocycles. The van der Waals surface area contributed by atoms with Crippen LogP contribution in [0.3, 0.4) is 0 Å². The third kappa shape index (κ3) is 0.863. The second kappa shape index (κ2) is 2.78. The Morgan fingerprint density at radius 1 is 0.941 bits per heavy atom. The summed E-state index contributed by atoms with van der Waals surface area (Å²) in [5.74, 6) is 0.432. The first-order valence-electron chi connectivity index (χ1n) is 5.97. The maximum Gasteiger partial charge on any atom is 0.109 e. The Kier molecular flexibility index (Phi) is 1.48. The standard InChI is InChI=1S/C16H11N/c17-10-16-9-13(11-5-1-3-7-14(11)16)12-6-2-4-8-15(12)16/h1-8,13H,9H2. The molecule has 1 heteroatoms. The average Bonchev–Trinajstić information content (AvgIpc) is 2.92. The van der Waals surface area contributed by atoms with E-state index in [1.54, 1.807) is 0 Å². The number of nitrogens with zero attached hydrogens (tertiary/aromatic N) is 1. The number of fused-ring (bicyclic) bond motifs is 8. The molecule has 4 rings (SSSR count). The zero-order valence-corrected chi connectivity index (χ0v) is 9.35. The van der Waals surface area contributed by atoms with E-state index in [1.165, 1.54) is 22.3 Å². The summed E-state index contributed by atoms with van der Waals surface area (Å²) in [6.07, 6.45) is 0.933. The zero-order chi connectivity index (χ0) is 11.5. The molecule has 2 aromatic carbocycles. The van der Waals surface area contributed by atoms with Crippen LogP contribution in [0.25, 0.3) is 0 Å².